The van der Waals surface area contributed by atoms with E-state index in [2.05, 4.69) is 11.4 Å². The Morgan fingerprint density at radius 3 is 2.59 bits per heavy atom. The van der Waals surface area contributed by atoms with Crippen molar-refractivity contribution in [2.75, 3.05) is 11.9 Å². The summed E-state index contributed by atoms with van der Waals surface area (Å²) in [5.41, 5.74) is 1.98. The lowest BCUT2D eigenvalue weighted by atomic mass is 10.2. The molecule has 0 fully saturated rings. The molecule has 0 atom stereocenters. The van der Waals surface area contributed by atoms with E-state index in [1.54, 1.807) is 28.7 Å². The zero-order valence-electron chi connectivity index (χ0n) is 14.0. The monoisotopic (exact) mass is 372 g/mol. The van der Waals surface area contributed by atoms with Gasteiger partial charge in [-0.1, -0.05) is 30.3 Å². The Kier molecular flexibility index (Phi) is 4.21. The highest BCUT2D eigenvalue weighted by molar-refractivity contribution is 7.24. The Labute approximate surface area is 158 Å². The summed E-state index contributed by atoms with van der Waals surface area (Å²) in [6.45, 7) is -0.224. The first kappa shape index (κ1) is 16.6. The van der Waals surface area contributed by atoms with E-state index in [1.807, 2.05) is 36.4 Å². The summed E-state index contributed by atoms with van der Waals surface area (Å²) in [5, 5.41) is 21.5. The van der Waals surface area contributed by atoms with Gasteiger partial charge in [0.05, 0.1) is 10.2 Å². The molecule has 1 N–H and O–H groups in total. The summed E-state index contributed by atoms with van der Waals surface area (Å²) < 4.78 is 8.26. The van der Waals surface area contributed by atoms with Crippen LogP contribution in [0, 0.1) is 22.7 Å². The molecule has 0 bridgehead atoms. The third kappa shape index (κ3) is 2.77. The van der Waals surface area contributed by atoms with Gasteiger partial charge >= 0.3 is 0 Å². The van der Waals surface area contributed by atoms with E-state index in [0.717, 1.165) is 10.2 Å². The van der Waals surface area contributed by atoms with Crippen molar-refractivity contribution in [1.82, 2.24) is 4.40 Å². The molecule has 130 valence electrons. The van der Waals surface area contributed by atoms with Crippen LogP contribution < -0.4 is 10.1 Å². The van der Waals surface area contributed by atoms with Crippen molar-refractivity contribution < 1.29 is 9.53 Å². The van der Waals surface area contributed by atoms with E-state index < -0.39 is 0 Å². The van der Waals surface area contributed by atoms with E-state index in [0.29, 0.717) is 16.1 Å². The normalized spacial score (nSPS) is 10.4. The number of aromatic nitrogens is 1. The van der Waals surface area contributed by atoms with Gasteiger partial charge in [-0.2, -0.15) is 10.5 Å². The van der Waals surface area contributed by atoms with Crippen molar-refractivity contribution in [1.29, 1.82) is 10.5 Å². The number of amides is 1. The summed E-state index contributed by atoms with van der Waals surface area (Å²) in [4.78, 5) is 13.4. The molecular weight excluding hydrogens is 360 g/mol. The molecule has 6 nitrogen and oxygen atoms in total. The molecule has 0 aliphatic heterocycles. The number of thiazole rings is 1. The zero-order valence-corrected chi connectivity index (χ0v) is 14.8. The van der Waals surface area contributed by atoms with Gasteiger partial charge in [0.15, 0.2) is 18.1 Å². The van der Waals surface area contributed by atoms with Gasteiger partial charge in [-0.15, -0.1) is 11.3 Å². The molecule has 2 aromatic heterocycles. The van der Waals surface area contributed by atoms with Crippen LogP contribution in [0.3, 0.4) is 0 Å². The summed E-state index contributed by atoms with van der Waals surface area (Å²) >= 11 is 1.44. The van der Waals surface area contributed by atoms with E-state index in [4.69, 9.17) is 10.00 Å². The highest BCUT2D eigenvalue weighted by atomic mass is 32.1. The van der Waals surface area contributed by atoms with Crippen LogP contribution in [-0.2, 0) is 0 Å². The third-order valence-electron chi connectivity index (χ3n) is 4.06. The second kappa shape index (κ2) is 6.83. The molecule has 4 rings (SSSR count). The maximum absolute atomic E-state index is 12.7. The molecule has 0 saturated heterocycles. The third-order valence-corrected chi connectivity index (χ3v) is 5.20. The van der Waals surface area contributed by atoms with Gasteiger partial charge in [0, 0.05) is 5.56 Å². The molecule has 4 aromatic rings. The first-order valence-electron chi connectivity index (χ1n) is 8.06. The second-order valence-electron chi connectivity index (χ2n) is 5.64. The highest BCUT2D eigenvalue weighted by Gasteiger charge is 2.25. The molecule has 0 aliphatic carbocycles. The maximum Gasteiger partial charge on any atom is 0.255 e. The average molecular weight is 372 g/mol. The molecule has 0 saturated carbocycles. The SMILES string of the molecule is N#CCOc1c(NC(=O)c2ccccc2)c2sc3ccccc3n2c1C#N. The van der Waals surface area contributed by atoms with Gasteiger partial charge < -0.3 is 10.1 Å². The number of anilines is 1. The lowest BCUT2D eigenvalue weighted by Crippen LogP contribution is -2.12. The number of carbonyl (C=O) groups is 1. The largest absolute Gasteiger partial charge is 0.473 e. The lowest BCUT2D eigenvalue weighted by Gasteiger charge is -2.07. The van der Waals surface area contributed by atoms with Crippen LogP contribution in [0.4, 0.5) is 5.69 Å². The van der Waals surface area contributed by atoms with Crippen LogP contribution in [0.1, 0.15) is 16.1 Å². The van der Waals surface area contributed by atoms with Crippen molar-refractivity contribution in [2.45, 2.75) is 0 Å². The quantitative estimate of drug-likeness (QED) is 0.582. The first-order valence-corrected chi connectivity index (χ1v) is 8.88. The van der Waals surface area contributed by atoms with E-state index in [-0.39, 0.29) is 24.0 Å². The van der Waals surface area contributed by atoms with Crippen molar-refractivity contribution in [3.63, 3.8) is 0 Å². The van der Waals surface area contributed by atoms with Gasteiger partial charge in [-0.25, -0.2) is 0 Å². The van der Waals surface area contributed by atoms with Gasteiger partial charge in [0.1, 0.15) is 22.7 Å². The maximum atomic E-state index is 12.7. The Hall–Kier alpha value is -3.81. The fourth-order valence-electron chi connectivity index (χ4n) is 2.92. The highest BCUT2D eigenvalue weighted by Crippen LogP contribution is 2.42. The van der Waals surface area contributed by atoms with Crippen LogP contribution in [0.15, 0.2) is 54.6 Å². The molecular formula is C20H12N4O2S. The van der Waals surface area contributed by atoms with Crippen LogP contribution in [0.5, 0.6) is 5.75 Å². The Morgan fingerprint density at radius 2 is 1.85 bits per heavy atom. The number of nitrogens with one attached hydrogen (secondary N) is 1. The molecule has 0 spiro atoms. The number of hydrogen-bond donors (Lipinski definition) is 1. The Balaban J connectivity index is 1.93. The summed E-state index contributed by atoms with van der Waals surface area (Å²) in [7, 11) is 0. The zero-order chi connectivity index (χ0) is 18.8. The van der Waals surface area contributed by atoms with Crippen LogP contribution in [-0.4, -0.2) is 16.9 Å². The van der Waals surface area contributed by atoms with E-state index in [1.165, 1.54) is 11.3 Å². The predicted octanol–water partition coefficient (Wildman–Crippen LogP) is 4.18. The topological polar surface area (TPSA) is 90.3 Å². The van der Waals surface area contributed by atoms with Crippen molar-refractivity contribution in [2.24, 2.45) is 0 Å². The van der Waals surface area contributed by atoms with Crippen molar-refractivity contribution in [3.8, 4) is 17.9 Å². The molecule has 0 radical (unpaired) electrons. The number of hydrogen-bond acceptors (Lipinski definition) is 5. The fraction of sp³-hybridized carbons (Fsp3) is 0.0500. The van der Waals surface area contributed by atoms with Crippen LogP contribution in [0.2, 0.25) is 0 Å². The molecule has 0 aliphatic rings. The number of nitrogens with zero attached hydrogens (tertiary/aromatic N) is 3. The van der Waals surface area contributed by atoms with Gasteiger partial charge in [-0.3, -0.25) is 9.20 Å². The summed E-state index contributed by atoms with van der Waals surface area (Å²) in [6.07, 6.45) is 0. The first-order chi connectivity index (χ1) is 13.2. The number of ether oxygens (including phenoxy) is 1. The number of benzene rings is 2. The molecule has 2 aromatic carbocycles. The predicted molar refractivity (Wildman–Crippen MR) is 103 cm³/mol. The standard InChI is InChI=1S/C20H12N4O2S/c21-10-11-26-18-15(12-22)24-14-8-4-5-9-16(14)27-20(24)17(18)23-19(25)13-6-2-1-3-7-13/h1-9H,11H2,(H,23,25). The lowest BCUT2D eigenvalue weighted by molar-refractivity contribution is 0.102. The van der Waals surface area contributed by atoms with Gasteiger partial charge in [-0.05, 0) is 24.3 Å². The smallest absolute Gasteiger partial charge is 0.255 e. The van der Waals surface area contributed by atoms with E-state index >= 15 is 0 Å². The van der Waals surface area contributed by atoms with Crippen molar-refractivity contribution in [3.05, 3.63) is 65.9 Å². The second-order valence-corrected chi connectivity index (χ2v) is 6.67. The minimum absolute atomic E-state index is 0.209. The van der Waals surface area contributed by atoms with Crippen LogP contribution >= 0.6 is 11.3 Å². The number of fused-ring (bicyclic) bond motifs is 3. The van der Waals surface area contributed by atoms with Crippen molar-refractivity contribution >= 4 is 38.0 Å². The molecule has 1 amide bonds. The molecule has 27 heavy (non-hydrogen) atoms. The fourth-order valence-corrected chi connectivity index (χ4v) is 4.07. The number of carbonyl (C=O) groups excluding carboxylic acids is 1. The minimum Gasteiger partial charge on any atom is -0.473 e. The molecule has 0 unspecified atom stereocenters. The molecule has 7 heteroatoms. The minimum atomic E-state index is -0.313. The molecule has 2 heterocycles. The number of para-hydroxylation sites is 1. The van der Waals surface area contributed by atoms with E-state index in [9.17, 15) is 10.1 Å². The summed E-state index contributed by atoms with van der Waals surface area (Å²) in [6, 6.07) is 20.5. The van der Waals surface area contributed by atoms with Crippen LogP contribution in [0.25, 0.3) is 15.0 Å². The van der Waals surface area contributed by atoms with Gasteiger partial charge in [0.2, 0.25) is 0 Å². The van der Waals surface area contributed by atoms with Gasteiger partial charge in [0.25, 0.3) is 5.91 Å². The average Bonchev–Trinajstić information content (AvgIpc) is 3.21. The Bertz CT molecular complexity index is 1240. The Morgan fingerprint density at radius 1 is 1.11 bits per heavy atom. The number of nitriles is 2. The summed E-state index contributed by atoms with van der Waals surface area (Å²) in [5.74, 6) is -0.104. The number of rotatable bonds is 4.